The molecule has 86 valence electrons. The van der Waals surface area contributed by atoms with Gasteiger partial charge in [0.25, 0.3) is 0 Å². The Hall–Kier alpha value is -1.55. The number of amides is 1. The number of aliphatic hydroxyl groups excluding tert-OH is 1. The number of methoxy groups -OCH3 is 1. The molecule has 1 atom stereocenters. The minimum absolute atomic E-state index is 0.0117. The van der Waals surface area contributed by atoms with Gasteiger partial charge in [-0.3, -0.25) is 4.79 Å². The predicted molar refractivity (Wildman–Crippen MR) is 60.6 cm³/mol. The molecule has 1 aliphatic heterocycles. The Morgan fingerprint density at radius 2 is 2.12 bits per heavy atom. The number of carbonyl (C=O) groups is 1. The fourth-order valence-corrected chi connectivity index (χ4v) is 2.01. The molecule has 1 aromatic carbocycles. The molecule has 0 bridgehead atoms. The van der Waals surface area contributed by atoms with Crippen molar-refractivity contribution in [3.8, 4) is 5.75 Å². The molecule has 1 saturated heterocycles. The highest BCUT2D eigenvalue weighted by atomic mass is 16.5. The zero-order chi connectivity index (χ0) is 11.5. The van der Waals surface area contributed by atoms with Crippen molar-refractivity contribution in [2.24, 2.45) is 0 Å². The van der Waals surface area contributed by atoms with Crippen molar-refractivity contribution in [2.45, 2.75) is 18.9 Å². The molecular formula is C12H15NO3. The monoisotopic (exact) mass is 221 g/mol. The summed E-state index contributed by atoms with van der Waals surface area (Å²) in [5.74, 6) is 0.833. The van der Waals surface area contributed by atoms with Crippen molar-refractivity contribution in [3.63, 3.8) is 0 Å². The lowest BCUT2D eigenvalue weighted by molar-refractivity contribution is -0.117. The molecule has 1 fully saturated rings. The summed E-state index contributed by atoms with van der Waals surface area (Å²) in [7, 11) is 1.60. The van der Waals surface area contributed by atoms with Gasteiger partial charge in [0.05, 0.1) is 19.8 Å². The first-order valence-electron chi connectivity index (χ1n) is 5.33. The number of ether oxygens (including phenoxy) is 1. The van der Waals surface area contributed by atoms with Crippen LogP contribution >= 0.6 is 0 Å². The maximum atomic E-state index is 11.7. The molecule has 0 saturated carbocycles. The van der Waals surface area contributed by atoms with Gasteiger partial charge in [-0.1, -0.05) is 0 Å². The SMILES string of the molecule is COc1ccc(N2C(=O)CCC2CO)cc1. The predicted octanol–water partition coefficient (Wildman–Crippen LogP) is 1.18. The summed E-state index contributed by atoms with van der Waals surface area (Å²) in [6, 6.07) is 7.22. The standard InChI is InChI=1S/C12H15NO3/c1-16-11-5-2-9(3-6-11)13-10(8-14)4-7-12(13)15/h2-3,5-6,10,14H,4,7-8H2,1H3. The van der Waals surface area contributed by atoms with Gasteiger partial charge in [0.1, 0.15) is 5.75 Å². The second-order valence-corrected chi connectivity index (χ2v) is 3.84. The van der Waals surface area contributed by atoms with Crippen LogP contribution in [-0.2, 0) is 4.79 Å². The summed E-state index contributed by atoms with van der Waals surface area (Å²) < 4.78 is 5.06. The van der Waals surface area contributed by atoms with E-state index in [2.05, 4.69) is 0 Å². The molecule has 0 aliphatic carbocycles. The van der Waals surface area contributed by atoms with E-state index in [1.165, 1.54) is 0 Å². The number of aliphatic hydroxyl groups is 1. The molecule has 2 rings (SSSR count). The number of carbonyl (C=O) groups excluding carboxylic acids is 1. The number of anilines is 1. The van der Waals surface area contributed by atoms with Crippen molar-refractivity contribution in [3.05, 3.63) is 24.3 Å². The summed E-state index contributed by atoms with van der Waals surface area (Å²) in [4.78, 5) is 13.3. The van der Waals surface area contributed by atoms with Crippen LogP contribution in [0.1, 0.15) is 12.8 Å². The zero-order valence-corrected chi connectivity index (χ0v) is 9.22. The second kappa shape index (κ2) is 4.53. The van der Waals surface area contributed by atoms with Crippen LogP contribution in [0.4, 0.5) is 5.69 Å². The Bertz CT molecular complexity index is 374. The van der Waals surface area contributed by atoms with E-state index in [4.69, 9.17) is 4.74 Å². The van der Waals surface area contributed by atoms with E-state index in [0.717, 1.165) is 17.9 Å². The fraction of sp³-hybridized carbons (Fsp3) is 0.417. The lowest BCUT2D eigenvalue weighted by Crippen LogP contribution is -2.35. The summed E-state index contributed by atoms with van der Waals surface area (Å²) in [5, 5.41) is 9.20. The summed E-state index contributed by atoms with van der Waals surface area (Å²) in [6.07, 6.45) is 1.23. The topological polar surface area (TPSA) is 49.8 Å². The Balaban J connectivity index is 2.24. The molecule has 0 aromatic heterocycles. The van der Waals surface area contributed by atoms with Gasteiger partial charge in [-0.15, -0.1) is 0 Å². The zero-order valence-electron chi connectivity index (χ0n) is 9.22. The van der Waals surface area contributed by atoms with Crippen molar-refractivity contribution < 1.29 is 14.6 Å². The van der Waals surface area contributed by atoms with Gasteiger partial charge in [-0.2, -0.15) is 0 Å². The first kappa shape index (κ1) is 11.0. The average molecular weight is 221 g/mol. The molecule has 1 amide bonds. The summed E-state index contributed by atoms with van der Waals surface area (Å²) in [5.41, 5.74) is 0.822. The highest BCUT2D eigenvalue weighted by Crippen LogP contribution is 2.27. The van der Waals surface area contributed by atoms with E-state index in [1.54, 1.807) is 12.0 Å². The van der Waals surface area contributed by atoms with Gasteiger partial charge in [0, 0.05) is 12.1 Å². The largest absolute Gasteiger partial charge is 0.497 e. The van der Waals surface area contributed by atoms with E-state index in [9.17, 15) is 9.90 Å². The molecule has 1 heterocycles. The highest BCUT2D eigenvalue weighted by molar-refractivity contribution is 5.96. The number of benzene rings is 1. The fourth-order valence-electron chi connectivity index (χ4n) is 2.01. The highest BCUT2D eigenvalue weighted by Gasteiger charge is 2.31. The van der Waals surface area contributed by atoms with Crippen LogP contribution in [-0.4, -0.2) is 30.8 Å². The number of rotatable bonds is 3. The van der Waals surface area contributed by atoms with Crippen LogP contribution in [0.25, 0.3) is 0 Å². The smallest absolute Gasteiger partial charge is 0.227 e. The molecular weight excluding hydrogens is 206 g/mol. The third-order valence-electron chi connectivity index (χ3n) is 2.89. The number of hydrogen-bond acceptors (Lipinski definition) is 3. The Morgan fingerprint density at radius 1 is 1.44 bits per heavy atom. The Morgan fingerprint density at radius 3 is 2.69 bits per heavy atom. The van der Waals surface area contributed by atoms with Crippen molar-refractivity contribution in [1.82, 2.24) is 0 Å². The summed E-state index contributed by atoms with van der Waals surface area (Å²) in [6.45, 7) is 0.0117. The minimum Gasteiger partial charge on any atom is -0.497 e. The first-order valence-corrected chi connectivity index (χ1v) is 5.33. The molecule has 1 N–H and O–H groups in total. The van der Waals surface area contributed by atoms with Gasteiger partial charge in [0.15, 0.2) is 0 Å². The molecule has 4 nitrogen and oxygen atoms in total. The van der Waals surface area contributed by atoms with Crippen LogP contribution in [0.15, 0.2) is 24.3 Å². The lowest BCUT2D eigenvalue weighted by atomic mass is 10.2. The quantitative estimate of drug-likeness (QED) is 0.834. The van der Waals surface area contributed by atoms with Crippen molar-refractivity contribution in [1.29, 1.82) is 0 Å². The molecule has 1 aromatic rings. The van der Waals surface area contributed by atoms with E-state index in [1.807, 2.05) is 24.3 Å². The van der Waals surface area contributed by atoms with Crippen LogP contribution in [0.2, 0.25) is 0 Å². The van der Waals surface area contributed by atoms with Gasteiger partial charge in [-0.25, -0.2) is 0 Å². The Kier molecular flexibility index (Phi) is 3.10. The van der Waals surface area contributed by atoms with Gasteiger partial charge >= 0.3 is 0 Å². The third-order valence-corrected chi connectivity index (χ3v) is 2.89. The molecule has 0 radical (unpaired) electrons. The molecule has 0 spiro atoms. The molecule has 4 heteroatoms. The maximum absolute atomic E-state index is 11.7. The third kappa shape index (κ3) is 1.88. The number of nitrogens with zero attached hydrogens (tertiary/aromatic N) is 1. The van der Waals surface area contributed by atoms with E-state index in [0.29, 0.717) is 6.42 Å². The minimum atomic E-state index is -0.0825. The van der Waals surface area contributed by atoms with Crippen LogP contribution in [0.5, 0.6) is 5.75 Å². The average Bonchev–Trinajstić information content (AvgIpc) is 2.70. The van der Waals surface area contributed by atoms with Crippen LogP contribution in [0, 0.1) is 0 Å². The van der Waals surface area contributed by atoms with Crippen LogP contribution in [0.3, 0.4) is 0 Å². The van der Waals surface area contributed by atoms with E-state index in [-0.39, 0.29) is 18.6 Å². The lowest BCUT2D eigenvalue weighted by Gasteiger charge is -2.23. The van der Waals surface area contributed by atoms with E-state index >= 15 is 0 Å². The van der Waals surface area contributed by atoms with Crippen molar-refractivity contribution >= 4 is 11.6 Å². The van der Waals surface area contributed by atoms with Gasteiger partial charge in [-0.05, 0) is 30.7 Å². The first-order chi connectivity index (χ1) is 7.76. The van der Waals surface area contributed by atoms with Crippen LogP contribution < -0.4 is 9.64 Å². The van der Waals surface area contributed by atoms with E-state index < -0.39 is 0 Å². The molecule has 16 heavy (non-hydrogen) atoms. The molecule has 1 unspecified atom stereocenters. The number of hydrogen-bond donors (Lipinski definition) is 1. The Labute approximate surface area is 94.4 Å². The summed E-state index contributed by atoms with van der Waals surface area (Å²) >= 11 is 0. The second-order valence-electron chi connectivity index (χ2n) is 3.84. The maximum Gasteiger partial charge on any atom is 0.227 e. The van der Waals surface area contributed by atoms with Crippen molar-refractivity contribution in [2.75, 3.05) is 18.6 Å². The normalized spacial score (nSPS) is 20.2. The van der Waals surface area contributed by atoms with Gasteiger partial charge < -0.3 is 14.7 Å². The van der Waals surface area contributed by atoms with Gasteiger partial charge in [0.2, 0.25) is 5.91 Å². The molecule has 1 aliphatic rings.